The van der Waals surface area contributed by atoms with E-state index in [4.69, 9.17) is 0 Å². The van der Waals surface area contributed by atoms with Crippen molar-refractivity contribution in [3.05, 3.63) is 60.2 Å². The van der Waals surface area contributed by atoms with E-state index >= 15 is 0 Å². The van der Waals surface area contributed by atoms with Crippen molar-refractivity contribution in [2.24, 2.45) is 0 Å². The van der Waals surface area contributed by atoms with E-state index in [9.17, 15) is 9.59 Å². The molecule has 2 aromatic carbocycles. The molecule has 0 radical (unpaired) electrons. The lowest BCUT2D eigenvalue weighted by molar-refractivity contribution is -0.117. The summed E-state index contributed by atoms with van der Waals surface area (Å²) in [5.41, 5.74) is 2.72. The molecule has 1 aliphatic heterocycles. The fourth-order valence-corrected chi connectivity index (χ4v) is 2.54. The molecule has 0 aliphatic carbocycles. The molecule has 5 heteroatoms. The minimum absolute atomic E-state index is 0.0754. The number of carbonyl (C=O) groups is 2. The van der Waals surface area contributed by atoms with Crippen LogP contribution in [0.3, 0.4) is 0 Å². The van der Waals surface area contributed by atoms with Crippen molar-refractivity contribution in [3.63, 3.8) is 0 Å². The maximum atomic E-state index is 12.0. The maximum Gasteiger partial charge on any atom is 0.319 e. The van der Waals surface area contributed by atoms with Crippen LogP contribution in [0.4, 0.5) is 16.2 Å². The Kier molecular flexibility index (Phi) is 4.05. The van der Waals surface area contributed by atoms with Crippen molar-refractivity contribution in [3.8, 4) is 0 Å². The highest BCUT2D eigenvalue weighted by molar-refractivity contribution is 6.01. The van der Waals surface area contributed by atoms with E-state index in [0.29, 0.717) is 19.5 Å². The van der Waals surface area contributed by atoms with Gasteiger partial charge in [0.25, 0.3) is 0 Å². The minimum Gasteiger partial charge on any atom is -0.336 e. The average molecular weight is 295 g/mol. The summed E-state index contributed by atoms with van der Waals surface area (Å²) >= 11 is 0. The van der Waals surface area contributed by atoms with Crippen molar-refractivity contribution in [2.45, 2.75) is 6.42 Å². The summed E-state index contributed by atoms with van der Waals surface area (Å²) in [4.78, 5) is 25.5. The quantitative estimate of drug-likeness (QED) is 0.910. The van der Waals surface area contributed by atoms with E-state index < -0.39 is 0 Å². The molecule has 2 aromatic rings. The Labute approximate surface area is 128 Å². The van der Waals surface area contributed by atoms with Gasteiger partial charge < -0.3 is 15.5 Å². The van der Waals surface area contributed by atoms with Crippen molar-refractivity contribution in [1.29, 1.82) is 0 Å². The summed E-state index contributed by atoms with van der Waals surface area (Å²) in [5, 5.41) is 5.51. The predicted molar refractivity (Wildman–Crippen MR) is 86.0 cm³/mol. The van der Waals surface area contributed by atoms with Crippen LogP contribution in [-0.4, -0.2) is 25.0 Å². The summed E-state index contributed by atoms with van der Waals surface area (Å²) in [5.74, 6) is 0.0754. The third kappa shape index (κ3) is 3.09. The van der Waals surface area contributed by atoms with E-state index in [-0.39, 0.29) is 11.9 Å². The smallest absolute Gasteiger partial charge is 0.319 e. The molecule has 1 heterocycles. The predicted octanol–water partition coefficient (Wildman–Crippen LogP) is 2.40. The van der Waals surface area contributed by atoms with Crippen molar-refractivity contribution in [2.75, 3.05) is 23.3 Å². The van der Waals surface area contributed by atoms with Gasteiger partial charge in [-0.25, -0.2) is 4.79 Å². The molecule has 0 atom stereocenters. The molecule has 0 unspecified atom stereocenters. The molecule has 0 fully saturated rings. The number of para-hydroxylation sites is 2. The number of amides is 3. The maximum absolute atomic E-state index is 12.0. The lowest BCUT2D eigenvalue weighted by Gasteiger charge is -2.17. The molecule has 0 saturated heterocycles. The van der Waals surface area contributed by atoms with Gasteiger partial charge in [0.15, 0.2) is 0 Å². The number of rotatable bonds is 4. The molecule has 0 bridgehead atoms. The molecule has 22 heavy (non-hydrogen) atoms. The largest absolute Gasteiger partial charge is 0.336 e. The zero-order valence-corrected chi connectivity index (χ0v) is 12.1. The van der Waals surface area contributed by atoms with Crippen LogP contribution in [0, 0.1) is 0 Å². The van der Waals surface area contributed by atoms with E-state index in [2.05, 4.69) is 10.6 Å². The fourth-order valence-electron chi connectivity index (χ4n) is 2.54. The SMILES string of the molecule is O=C(NCCN1C(=O)Cc2ccccc21)Nc1ccccc1. The Bertz CT molecular complexity index is 685. The number of hydrogen-bond donors (Lipinski definition) is 2. The van der Waals surface area contributed by atoms with Crippen LogP contribution < -0.4 is 15.5 Å². The third-order valence-electron chi connectivity index (χ3n) is 3.58. The topological polar surface area (TPSA) is 61.4 Å². The number of fused-ring (bicyclic) bond motifs is 1. The highest BCUT2D eigenvalue weighted by Gasteiger charge is 2.26. The van der Waals surface area contributed by atoms with Crippen LogP contribution >= 0.6 is 0 Å². The first-order chi connectivity index (χ1) is 10.7. The van der Waals surface area contributed by atoms with Crippen molar-refractivity contribution < 1.29 is 9.59 Å². The molecular formula is C17H17N3O2. The van der Waals surface area contributed by atoms with Crippen LogP contribution in [-0.2, 0) is 11.2 Å². The van der Waals surface area contributed by atoms with Gasteiger partial charge in [0.1, 0.15) is 0 Å². The lowest BCUT2D eigenvalue weighted by atomic mass is 10.2. The minimum atomic E-state index is -0.272. The highest BCUT2D eigenvalue weighted by atomic mass is 16.2. The van der Waals surface area contributed by atoms with Gasteiger partial charge in [-0.05, 0) is 23.8 Å². The molecule has 5 nitrogen and oxygen atoms in total. The van der Waals surface area contributed by atoms with Gasteiger partial charge in [-0.1, -0.05) is 36.4 Å². The second-order valence-electron chi connectivity index (χ2n) is 5.10. The van der Waals surface area contributed by atoms with Gasteiger partial charge in [0.05, 0.1) is 6.42 Å². The second-order valence-corrected chi connectivity index (χ2v) is 5.10. The second kappa shape index (κ2) is 6.30. The van der Waals surface area contributed by atoms with Crippen LogP contribution in [0.2, 0.25) is 0 Å². The molecule has 2 N–H and O–H groups in total. The summed E-state index contributed by atoms with van der Waals surface area (Å²) in [6.07, 6.45) is 0.437. The summed E-state index contributed by atoms with van der Waals surface area (Å²) < 4.78 is 0. The number of anilines is 2. The standard InChI is InChI=1S/C17H17N3O2/c21-16-12-13-6-4-5-9-15(13)20(16)11-10-18-17(22)19-14-7-2-1-3-8-14/h1-9H,10-12H2,(H2,18,19,22). The first-order valence-corrected chi connectivity index (χ1v) is 7.22. The molecule has 3 rings (SSSR count). The Morgan fingerprint density at radius 2 is 1.77 bits per heavy atom. The number of benzene rings is 2. The Morgan fingerprint density at radius 3 is 2.59 bits per heavy atom. The van der Waals surface area contributed by atoms with Gasteiger partial charge in [0.2, 0.25) is 5.91 Å². The van der Waals surface area contributed by atoms with Crippen LogP contribution in [0.1, 0.15) is 5.56 Å². The molecule has 1 aliphatic rings. The number of nitrogens with zero attached hydrogens (tertiary/aromatic N) is 1. The van der Waals surface area contributed by atoms with E-state index in [1.54, 1.807) is 4.90 Å². The molecule has 112 valence electrons. The van der Waals surface area contributed by atoms with Gasteiger partial charge in [-0.15, -0.1) is 0 Å². The Morgan fingerprint density at radius 1 is 1.05 bits per heavy atom. The number of carbonyl (C=O) groups excluding carboxylic acids is 2. The average Bonchev–Trinajstić information content (AvgIpc) is 2.84. The fraction of sp³-hybridized carbons (Fsp3) is 0.176. The number of urea groups is 1. The van der Waals surface area contributed by atoms with Gasteiger partial charge in [0, 0.05) is 24.5 Å². The first kappa shape index (κ1) is 14.1. The molecule has 0 aromatic heterocycles. The Balaban J connectivity index is 1.51. The van der Waals surface area contributed by atoms with Gasteiger partial charge >= 0.3 is 6.03 Å². The highest BCUT2D eigenvalue weighted by Crippen LogP contribution is 2.27. The van der Waals surface area contributed by atoms with Crippen LogP contribution in [0.15, 0.2) is 54.6 Å². The summed E-state index contributed by atoms with van der Waals surface area (Å²) in [6, 6.07) is 16.7. The normalized spacial score (nSPS) is 12.9. The summed E-state index contributed by atoms with van der Waals surface area (Å²) in [6.45, 7) is 0.872. The van der Waals surface area contributed by atoms with E-state index in [0.717, 1.165) is 16.9 Å². The monoisotopic (exact) mass is 295 g/mol. The van der Waals surface area contributed by atoms with Crippen LogP contribution in [0.25, 0.3) is 0 Å². The number of hydrogen-bond acceptors (Lipinski definition) is 2. The molecular weight excluding hydrogens is 278 g/mol. The first-order valence-electron chi connectivity index (χ1n) is 7.22. The molecule has 3 amide bonds. The third-order valence-corrected chi connectivity index (χ3v) is 3.58. The Hall–Kier alpha value is -2.82. The zero-order valence-electron chi connectivity index (χ0n) is 12.1. The zero-order chi connectivity index (χ0) is 15.4. The van der Waals surface area contributed by atoms with Crippen molar-refractivity contribution in [1.82, 2.24) is 5.32 Å². The van der Waals surface area contributed by atoms with Crippen LogP contribution in [0.5, 0.6) is 0 Å². The number of nitrogens with one attached hydrogen (secondary N) is 2. The van der Waals surface area contributed by atoms with E-state index in [1.807, 2.05) is 54.6 Å². The summed E-state index contributed by atoms with van der Waals surface area (Å²) in [7, 11) is 0. The van der Waals surface area contributed by atoms with Crippen molar-refractivity contribution >= 4 is 23.3 Å². The van der Waals surface area contributed by atoms with Gasteiger partial charge in [-0.3, -0.25) is 4.79 Å². The lowest BCUT2D eigenvalue weighted by Crippen LogP contribution is -2.38. The molecule has 0 spiro atoms. The van der Waals surface area contributed by atoms with Gasteiger partial charge in [-0.2, -0.15) is 0 Å². The van der Waals surface area contributed by atoms with E-state index in [1.165, 1.54) is 0 Å². The molecule has 0 saturated carbocycles.